The normalized spacial score (nSPS) is 12.7. The van der Waals surface area contributed by atoms with Crippen LogP contribution in [0, 0.1) is 0 Å². The summed E-state index contributed by atoms with van der Waals surface area (Å²) in [4.78, 5) is 24.0. The van der Waals surface area contributed by atoms with E-state index in [1.807, 2.05) is 62.3 Å². The van der Waals surface area contributed by atoms with E-state index < -0.39 is 5.54 Å². The van der Waals surface area contributed by atoms with E-state index in [0.29, 0.717) is 17.8 Å². The molecule has 1 aromatic rings. The Balaban J connectivity index is 3.74. The van der Waals surface area contributed by atoms with Crippen molar-refractivity contribution in [2.75, 3.05) is 0 Å². The summed E-state index contributed by atoms with van der Waals surface area (Å²) in [5.41, 5.74) is 0.977. The van der Waals surface area contributed by atoms with Crippen LogP contribution in [0.4, 0.5) is 0 Å². The molecule has 0 radical (unpaired) electrons. The molecule has 5 heteroatoms. The Kier molecular flexibility index (Phi) is 5.75. The summed E-state index contributed by atoms with van der Waals surface area (Å²) < 4.78 is 5.35. The Labute approximate surface area is 151 Å². The minimum atomic E-state index is -0.501. The zero-order valence-corrected chi connectivity index (χ0v) is 17.0. The lowest BCUT2D eigenvalue weighted by molar-refractivity contribution is -0.120. The SMILES string of the molecule is CC(C)(C)c1cc(C(=O)N(N)C(C)(C)C)cc(C(C)(C)C)c1OC=O. The molecule has 0 unspecified atom stereocenters. The Hall–Kier alpha value is -1.88. The van der Waals surface area contributed by atoms with Crippen molar-refractivity contribution >= 4 is 12.4 Å². The molecule has 5 nitrogen and oxygen atoms in total. The van der Waals surface area contributed by atoms with Crippen molar-refractivity contribution in [2.24, 2.45) is 5.84 Å². The fourth-order valence-corrected chi connectivity index (χ4v) is 2.49. The van der Waals surface area contributed by atoms with Gasteiger partial charge < -0.3 is 4.74 Å². The van der Waals surface area contributed by atoms with Gasteiger partial charge in [-0.2, -0.15) is 0 Å². The highest BCUT2D eigenvalue weighted by Gasteiger charge is 2.31. The predicted molar refractivity (Wildman–Crippen MR) is 101 cm³/mol. The van der Waals surface area contributed by atoms with Crippen molar-refractivity contribution < 1.29 is 14.3 Å². The van der Waals surface area contributed by atoms with Crippen LogP contribution in [0.5, 0.6) is 5.75 Å². The highest BCUT2D eigenvalue weighted by molar-refractivity contribution is 5.95. The van der Waals surface area contributed by atoms with E-state index in [1.165, 1.54) is 5.01 Å². The summed E-state index contributed by atoms with van der Waals surface area (Å²) in [6, 6.07) is 3.56. The molecule has 0 aromatic heterocycles. The van der Waals surface area contributed by atoms with Crippen LogP contribution in [-0.4, -0.2) is 22.9 Å². The number of nitrogens with zero attached hydrogens (tertiary/aromatic N) is 1. The number of carbonyl (C=O) groups excluding carboxylic acids is 2. The molecule has 0 spiro atoms. The first-order chi connectivity index (χ1) is 11.1. The van der Waals surface area contributed by atoms with Gasteiger partial charge in [0.1, 0.15) is 5.75 Å². The molecular formula is C20H32N2O3. The minimum absolute atomic E-state index is 0.263. The topological polar surface area (TPSA) is 72.6 Å². The summed E-state index contributed by atoms with van der Waals surface area (Å²) in [5, 5.41) is 1.24. The molecule has 0 saturated heterocycles. The second kappa shape index (κ2) is 6.79. The van der Waals surface area contributed by atoms with Gasteiger partial charge in [0.25, 0.3) is 12.4 Å². The average Bonchev–Trinajstić information content (AvgIpc) is 2.42. The number of benzene rings is 1. The van der Waals surface area contributed by atoms with Gasteiger partial charge in [-0.15, -0.1) is 0 Å². The summed E-state index contributed by atoms with van der Waals surface area (Å²) in [5.74, 6) is 6.29. The van der Waals surface area contributed by atoms with Gasteiger partial charge in [-0.3, -0.25) is 14.6 Å². The number of hydrogen-bond donors (Lipinski definition) is 1. The van der Waals surface area contributed by atoms with E-state index in [9.17, 15) is 9.59 Å². The first-order valence-electron chi connectivity index (χ1n) is 8.49. The molecule has 2 N–H and O–H groups in total. The van der Waals surface area contributed by atoms with Gasteiger partial charge in [-0.05, 0) is 43.7 Å². The molecule has 0 heterocycles. The smallest absolute Gasteiger partial charge is 0.298 e. The van der Waals surface area contributed by atoms with Gasteiger partial charge in [-0.25, -0.2) is 5.84 Å². The molecular weight excluding hydrogens is 316 g/mol. The van der Waals surface area contributed by atoms with Crippen molar-refractivity contribution in [1.82, 2.24) is 5.01 Å². The third kappa shape index (κ3) is 4.82. The molecule has 0 bridgehead atoms. The van der Waals surface area contributed by atoms with Crippen LogP contribution in [0.1, 0.15) is 83.8 Å². The summed E-state index contributed by atoms with van der Waals surface area (Å²) in [7, 11) is 0. The Morgan fingerprint density at radius 3 is 1.64 bits per heavy atom. The van der Waals surface area contributed by atoms with E-state index in [0.717, 1.165) is 11.1 Å². The monoisotopic (exact) mass is 348 g/mol. The van der Waals surface area contributed by atoms with Crippen molar-refractivity contribution in [3.63, 3.8) is 0 Å². The van der Waals surface area contributed by atoms with E-state index >= 15 is 0 Å². The lowest BCUT2D eigenvalue weighted by Gasteiger charge is -2.33. The fourth-order valence-electron chi connectivity index (χ4n) is 2.49. The highest BCUT2D eigenvalue weighted by atomic mass is 16.5. The van der Waals surface area contributed by atoms with E-state index in [1.54, 1.807) is 12.1 Å². The van der Waals surface area contributed by atoms with Crippen LogP contribution in [0.15, 0.2) is 12.1 Å². The third-order valence-electron chi connectivity index (χ3n) is 4.06. The molecule has 0 aliphatic carbocycles. The van der Waals surface area contributed by atoms with Gasteiger partial charge in [0.2, 0.25) is 0 Å². The third-order valence-corrected chi connectivity index (χ3v) is 4.06. The summed E-state index contributed by atoms with van der Waals surface area (Å²) >= 11 is 0. The van der Waals surface area contributed by atoms with Crippen LogP contribution in [0.2, 0.25) is 0 Å². The number of amides is 1. The first-order valence-corrected chi connectivity index (χ1v) is 8.49. The number of carbonyl (C=O) groups is 2. The van der Waals surface area contributed by atoms with Crippen molar-refractivity contribution in [1.29, 1.82) is 0 Å². The summed E-state index contributed by atoms with van der Waals surface area (Å²) in [6.07, 6.45) is 0. The molecule has 0 aliphatic rings. The summed E-state index contributed by atoms with van der Waals surface area (Å²) in [6.45, 7) is 18.2. The maximum absolute atomic E-state index is 12.9. The lowest BCUT2D eigenvalue weighted by atomic mass is 9.78. The van der Waals surface area contributed by atoms with Crippen LogP contribution < -0.4 is 10.6 Å². The molecule has 1 aromatic carbocycles. The average molecular weight is 348 g/mol. The largest absolute Gasteiger partial charge is 0.428 e. The van der Waals surface area contributed by atoms with Crippen molar-refractivity contribution in [2.45, 2.75) is 78.7 Å². The number of nitrogens with two attached hydrogens (primary N) is 1. The zero-order chi connectivity index (χ0) is 19.8. The Bertz CT molecular complexity index is 624. The fraction of sp³-hybridized carbons (Fsp3) is 0.600. The molecule has 140 valence electrons. The Morgan fingerprint density at radius 2 is 1.36 bits per heavy atom. The lowest BCUT2D eigenvalue weighted by Crippen LogP contribution is -2.50. The van der Waals surface area contributed by atoms with Crippen LogP contribution in [0.25, 0.3) is 0 Å². The second-order valence-electron chi connectivity index (χ2n) is 9.46. The van der Waals surface area contributed by atoms with Crippen molar-refractivity contribution in [3.8, 4) is 5.75 Å². The van der Waals surface area contributed by atoms with Gasteiger partial charge in [-0.1, -0.05) is 41.5 Å². The molecule has 0 fully saturated rings. The van der Waals surface area contributed by atoms with Crippen LogP contribution >= 0.6 is 0 Å². The van der Waals surface area contributed by atoms with Crippen molar-refractivity contribution in [3.05, 3.63) is 28.8 Å². The van der Waals surface area contributed by atoms with Gasteiger partial charge in [0, 0.05) is 16.7 Å². The highest BCUT2D eigenvalue weighted by Crippen LogP contribution is 2.40. The molecule has 0 atom stereocenters. The van der Waals surface area contributed by atoms with Gasteiger partial charge in [0.05, 0.1) is 5.54 Å². The van der Waals surface area contributed by atoms with E-state index in [-0.39, 0.29) is 16.7 Å². The maximum atomic E-state index is 12.9. The molecule has 0 saturated carbocycles. The van der Waals surface area contributed by atoms with Gasteiger partial charge in [0.15, 0.2) is 0 Å². The molecule has 1 amide bonds. The zero-order valence-electron chi connectivity index (χ0n) is 17.0. The standard InChI is InChI=1S/C20H32N2O3/c1-18(2,3)14-10-13(17(24)22(21)20(7,8)9)11-15(19(4,5)6)16(14)25-12-23/h10-12H,21H2,1-9H3. The minimum Gasteiger partial charge on any atom is -0.428 e. The molecule has 0 aliphatic heterocycles. The quantitative estimate of drug-likeness (QED) is 0.389. The molecule has 25 heavy (non-hydrogen) atoms. The van der Waals surface area contributed by atoms with E-state index in [4.69, 9.17) is 10.6 Å². The van der Waals surface area contributed by atoms with E-state index in [2.05, 4.69) is 0 Å². The number of ether oxygens (including phenoxy) is 1. The number of rotatable bonds is 3. The number of hydrazine groups is 1. The number of hydrogen-bond acceptors (Lipinski definition) is 4. The van der Waals surface area contributed by atoms with Gasteiger partial charge >= 0.3 is 0 Å². The molecule has 1 rings (SSSR count). The van der Waals surface area contributed by atoms with Crippen LogP contribution in [-0.2, 0) is 15.6 Å². The second-order valence-corrected chi connectivity index (χ2v) is 9.46. The van der Waals surface area contributed by atoms with Crippen LogP contribution in [0.3, 0.4) is 0 Å². The maximum Gasteiger partial charge on any atom is 0.298 e. The predicted octanol–water partition coefficient (Wildman–Crippen LogP) is 3.93. The Morgan fingerprint density at radius 1 is 0.960 bits per heavy atom. The first kappa shape index (κ1) is 21.2.